The Morgan fingerprint density at radius 1 is 1.40 bits per heavy atom. The number of nitrogens with one attached hydrogen (secondary N) is 2. The maximum absolute atomic E-state index is 11.4. The number of esters is 1. The third-order valence-electron chi connectivity index (χ3n) is 2.17. The van der Waals surface area contributed by atoms with E-state index >= 15 is 0 Å². The van der Waals surface area contributed by atoms with Gasteiger partial charge in [0.05, 0.1) is 32.1 Å². The molecule has 0 aliphatic carbocycles. The van der Waals surface area contributed by atoms with E-state index in [0.29, 0.717) is 11.5 Å². The normalized spacial score (nSPS) is 9.85. The van der Waals surface area contributed by atoms with Crippen molar-refractivity contribution in [2.24, 2.45) is 0 Å². The number of hydrogen-bond acceptors (Lipinski definition) is 6. The van der Waals surface area contributed by atoms with Crippen LogP contribution in [0.15, 0.2) is 22.8 Å². The highest BCUT2D eigenvalue weighted by Gasteiger charge is 2.08. The number of methoxy groups -OCH3 is 1. The molecule has 0 aliphatic rings. The standard InChI is InChI=1S/C12H16N2O5S/c1-18-11(16)4-6-20-8-10(15)14-12(17)13-7-9-3-2-5-19-9/h2-3,5H,4,6-8H2,1H3,(H2,13,14,15,17). The lowest BCUT2D eigenvalue weighted by molar-refractivity contribution is -0.140. The minimum Gasteiger partial charge on any atom is -0.469 e. The molecular weight excluding hydrogens is 284 g/mol. The molecule has 3 amide bonds. The van der Waals surface area contributed by atoms with E-state index in [4.69, 9.17) is 4.42 Å². The fourth-order valence-electron chi connectivity index (χ4n) is 1.21. The first-order chi connectivity index (χ1) is 9.61. The Bertz CT molecular complexity index is 447. The zero-order valence-electron chi connectivity index (χ0n) is 11.0. The lowest BCUT2D eigenvalue weighted by Crippen LogP contribution is -2.39. The molecule has 0 unspecified atom stereocenters. The van der Waals surface area contributed by atoms with Crippen LogP contribution in [0.25, 0.3) is 0 Å². The fourth-order valence-corrected chi connectivity index (χ4v) is 1.92. The average Bonchev–Trinajstić information content (AvgIpc) is 2.94. The maximum atomic E-state index is 11.4. The Morgan fingerprint density at radius 3 is 2.85 bits per heavy atom. The Hall–Kier alpha value is -1.96. The molecule has 0 atom stereocenters. The summed E-state index contributed by atoms with van der Waals surface area (Å²) in [4.78, 5) is 33.6. The number of hydrogen-bond donors (Lipinski definition) is 2. The summed E-state index contributed by atoms with van der Waals surface area (Å²) in [7, 11) is 1.31. The van der Waals surface area contributed by atoms with E-state index < -0.39 is 11.9 Å². The Labute approximate surface area is 120 Å². The molecule has 0 aromatic carbocycles. The minimum absolute atomic E-state index is 0.102. The lowest BCUT2D eigenvalue weighted by atomic mass is 10.4. The number of amides is 3. The van der Waals surface area contributed by atoms with Crippen molar-refractivity contribution in [3.63, 3.8) is 0 Å². The summed E-state index contributed by atoms with van der Waals surface area (Å²) < 4.78 is 9.49. The summed E-state index contributed by atoms with van der Waals surface area (Å²) in [6, 6.07) is 2.84. The molecule has 0 radical (unpaired) electrons. The Balaban J connectivity index is 2.09. The fraction of sp³-hybridized carbons (Fsp3) is 0.417. The molecule has 1 aromatic heterocycles. The van der Waals surface area contributed by atoms with Gasteiger partial charge in [-0.3, -0.25) is 14.9 Å². The molecule has 1 aromatic rings. The lowest BCUT2D eigenvalue weighted by Gasteiger charge is -2.05. The highest BCUT2D eigenvalue weighted by molar-refractivity contribution is 7.99. The first-order valence-electron chi connectivity index (χ1n) is 5.86. The molecule has 0 aliphatic heterocycles. The predicted octanol–water partition coefficient (Wildman–Crippen LogP) is 0.902. The van der Waals surface area contributed by atoms with Crippen LogP contribution in [-0.2, 0) is 20.9 Å². The molecule has 0 saturated carbocycles. The molecule has 20 heavy (non-hydrogen) atoms. The van der Waals surface area contributed by atoms with Crippen LogP contribution in [0.4, 0.5) is 4.79 Å². The molecule has 0 fully saturated rings. The molecule has 0 spiro atoms. The zero-order valence-corrected chi connectivity index (χ0v) is 11.8. The van der Waals surface area contributed by atoms with Gasteiger partial charge in [0, 0.05) is 5.75 Å². The topological polar surface area (TPSA) is 97.6 Å². The average molecular weight is 300 g/mol. The second-order valence-corrected chi connectivity index (χ2v) is 4.79. The molecule has 2 N–H and O–H groups in total. The number of imide groups is 1. The maximum Gasteiger partial charge on any atom is 0.321 e. The molecule has 1 rings (SSSR count). The van der Waals surface area contributed by atoms with Gasteiger partial charge in [-0.25, -0.2) is 4.79 Å². The Morgan fingerprint density at radius 2 is 2.20 bits per heavy atom. The molecule has 8 heteroatoms. The van der Waals surface area contributed by atoms with Crippen LogP contribution in [0.1, 0.15) is 12.2 Å². The van der Waals surface area contributed by atoms with Crippen LogP contribution in [-0.4, -0.2) is 36.5 Å². The molecule has 110 valence electrons. The van der Waals surface area contributed by atoms with Crippen LogP contribution >= 0.6 is 11.8 Å². The van der Waals surface area contributed by atoms with Gasteiger partial charge in [0.15, 0.2) is 0 Å². The van der Waals surface area contributed by atoms with E-state index in [0.717, 1.165) is 0 Å². The quantitative estimate of drug-likeness (QED) is 0.573. The number of rotatable bonds is 7. The van der Waals surface area contributed by atoms with E-state index in [1.165, 1.54) is 25.1 Å². The van der Waals surface area contributed by atoms with Crippen molar-refractivity contribution < 1.29 is 23.5 Å². The van der Waals surface area contributed by atoms with Crippen LogP contribution in [0.2, 0.25) is 0 Å². The van der Waals surface area contributed by atoms with Crippen LogP contribution in [0.5, 0.6) is 0 Å². The number of urea groups is 1. The van der Waals surface area contributed by atoms with E-state index in [1.807, 2.05) is 0 Å². The van der Waals surface area contributed by atoms with E-state index in [9.17, 15) is 14.4 Å². The smallest absolute Gasteiger partial charge is 0.321 e. The summed E-state index contributed by atoms with van der Waals surface area (Å²) in [5, 5.41) is 4.66. The van der Waals surface area contributed by atoms with Gasteiger partial charge in [0.25, 0.3) is 0 Å². The molecule has 0 bridgehead atoms. The summed E-state index contributed by atoms with van der Waals surface area (Å²) in [5.41, 5.74) is 0. The van der Waals surface area contributed by atoms with Crippen molar-refractivity contribution in [2.45, 2.75) is 13.0 Å². The van der Waals surface area contributed by atoms with Crippen molar-refractivity contribution in [1.29, 1.82) is 0 Å². The van der Waals surface area contributed by atoms with E-state index in [1.54, 1.807) is 12.1 Å². The van der Waals surface area contributed by atoms with Gasteiger partial charge in [-0.2, -0.15) is 11.8 Å². The number of furan rings is 1. The third-order valence-corrected chi connectivity index (χ3v) is 3.13. The first kappa shape index (κ1) is 16.1. The van der Waals surface area contributed by atoms with Gasteiger partial charge >= 0.3 is 12.0 Å². The number of thioether (sulfide) groups is 1. The minimum atomic E-state index is -0.583. The van der Waals surface area contributed by atoms with Crippen LogP contribution < -0.4 is 10.6 Å². The highest BCUT2D eigenvalue weighted by Crippen LogP contribution is 2.02. The summed E-state index contributed by atoms with van der Waals surface area (Å²) in [6.07, 6.45) is 1.73. The SMILES string of the molecule is COC(=O)CCSCC(=O)NC(=O)NCc1ccco1. The number of ether oxygens (including phenoxy) is 1. The molecule has 7 nitrogen and oxygen atoms in total. The number of carbonyl (C=O) groups is 3. The van der Waals surface area contributed by atoms with Gasteiger partial charge < -0.3 is 14.5 Å². The van der Waals surface area contributed by atoms with Gasteiger partial charge in [0.1, 0.15) is 5.76 Å². The Kier molecular flexibility index (Phi) is 7.26. The van der Waals surface area contributed by atoms with E-state index in [2.05, 4.69) is 15.4 Å². The van der Waals surface area contributed by atoms with Crippen molar-refractivity contribution in [3.05, 3.63) is 24.2 Å². The second-order valence-electron chi connectivity index (χ2n) is 3.69. The zero-order chi connectivity index (χ0) is 14.8. The molecule has 1 heterocycles. The summed E-state index contributed by atoms with van der Waals surface area (Å²) in [5.74, 6) is 0.421. The first-order valence-corrected chi connectivity index (χ1v) is 7.02. The molecule has 0 saturated heterocycles. The summed E-state index contributed by atoms with van der Waals surface area (Å²) >= 11 is 1.25. The molecular formula is C12H16N2O5S. The van der Waals surface area contributed by atoms with Crippen molar-refractivity contribution in [3.8, 4) is 0 Å². The number of carbonyl (C=O) groups excluding carboxylic acids is 3. The van der Waals surface area contributed by atoms with Crippen molar-refractivity contribution in [1.82, 2.24) is 10.6 Å². The highest BCUT2D eigenvalue weighted by atomic mass is 32.2. The third kappa shape index (κ3) is 6.83. The van der Waals surface area contributed by atoms with Gasteiger partial charge in [-0.05, 0) is 12.1 Å². The largest absolute Gasteiger partial charge is 0.469 e. The summed E-state index contributed by atoms with van der Waals surface area (Å²) in [6.45, 7) is 0.210. The van der Waals surface area contributed by atoms with Crippen molar-refractivity contribution in [2.75, 3.05) is 18.6 Å². The van der Waals surface area contributed by atoms with Gasteiger partial charge in [-0.1, -0.05) is 0 Å². The van der Waals surface area contributed by atoms with Crippen LogP contribution in [0, 0.1) is 0 Å². The predicted molar refractivity (Wildman–Crippen MR) is 73.0 cm³/mol. The van der Waals surface area contributed by atoms with Gasteiger partial charge in [0.2, 0.25) is 5.91 Å². The van der Waals surface area contributed by atoms with E-state index in [-0.39, 0.29) is 24.7 Å². The second kappa shape index (κ2) is 9.03. The monoisotopic (exact) mass is 300 g/mol. The van der Waals surface area contributed by atoms with Crippen molar-refractivity contribution >= 4 is 29.7 Å². The van der Waals surface area contributed by atoms with Crippen LogP contribution in [0.3, 0.4) is 0 Å². The van der Waals surface area contributed by atoms with Gasteiger partial charge in [-0.15, -0.1) is 0 Å².